The van der Waals surface area contributed by atoms with Crippen LogP contribution >= 0.6 is 0 Å². The monoisotopic (exact) mass is 201 g/mol. The van der Waals surface area contributed by atoms with Gasteiger partial charge in [-0.05, 0) is 13.3 Å². The van der Waals surface area contributed by atoms with Crippen LogP contribution in [-0.4, -0.2) is 24.4 Å². The molecule has 0 rings (SSSR count). The zero-order valence-corrected chi connectivity index (χ0v) is 8.75. The molecule has 0 aromatic rings. The zero-order chi connectivity index (χ0) is 11.1. The molecule has 0 saturated heterocycles. The van der Waals surface area contributed by atoms with Crippen molar-refractivity contribution in [3.8, 4) is 0 Å². The Bertz CT molecular complexity index is 204. The van der Waals surface area contributed by atoms with Crippen molar-refractivity contribution in [1.82, 2.24) is 5.32 Å². The number of hydrogen-bond acceptors (Lipinski definition) is 3. The Balaban J connectivity index is 3.59. The maximum absolute atomic E-state index is 11.3. The predicted octanol–water partition coefficient (Wildman–Crippen LogP) is -0.649. The first kappa shape index (κ1) is 12.9. The van der Waals surface area contributed by atoms with Crippen molar-refractivity contribution in [3.05, 3.63) is 0 Å². The maximum atomic E-state index is 11.3. The van der Waals surface area contributed by atoms with Crippen LogP contribution in [0.4, 0.5) is 0 Å². The van der Waals surface area contributed by atoms with Gasteiger partial charge in [-0.2, -0.15) is 0 Å². The van der Waals surface area contributed by atoms with Crippen molar-refractivity contribution < 1.29 is 9.59 Å². The zero-order valence-electron chi connectivity index (χ0n) is 8.75. The minimum Gasteiger partial charge on any atom is -0.370 e. The minimum absolute atomic E-state index is 0.0792. The van der Waals surface area contributed by atoms with Gasteiger partial charge in [0, 0.05) is 24.9 Å². The molecule has 0 aliphatic carbocycles. The second-order valence-corrected chi connectivity index (χ2v) is 3.51. The van der Waals surface area contributed by atoms with E-state index in [0.717, 1.165) is 0 Å². The Labute approximate surface area is 84.2 Å². The van der Waals surface area contributed by atoms with Crippen molar-refractivity contribution in [3.63, 3.8) is 0 Å². The van der Waals surface area contributed by atoms with E-state index in [1.54, 1.807) is 13.8 Å². The van der Waals surface area contributed by atoms with Gasteiger partial charge in [-0.3, -0.25) is 9.59 Å². The number of rotatable bonds is 6. The molecule has 5 nitrogen and oxygen atoms in total. The molecule has 82 valence electrons. The molecule has 0 spiro atoms. The summed E-state index contributed by atoms with van der Waals surface area (Å²) in [5.41, 5.74) is 10.5. The Morgan fingerprint density at radius 2 is 1.93 bits per heavy atom. The quantitative estimate of drug-likeness (QED) is 0.498. The van der Waals surface area contributed by atoms with Gasteiger partial charge in [0.2, 0.25) is 11.8 Å². The molecule has 2 amide bonds. The maximum Gasteiger partial charge on any atom is 0.224 e. The highest BCUT2D eigenvalue weighted by Crippen LogP contribution is 1.99. The average Bonchev–Trinajstić information content (AvgIpc) is 2.10. The molecule has 0 heterocycles. The Morgan fingerprint density at radius 1 is 1.36 bits per heavy atom. The van der Waals surface area contributed by atoms with Gasteiger partial charge in [-0.25, -0.2) is 0 Å². The molecular formula is C9H19N3O2. The molecule has 0 saturated carbocycles. The number of carbonyl (C=O) groups excluding carboxylic acids is 2. The lowest BCUT2D eigenvalue weighted by molar-refractivity contribution is -0.125. The summed E-state index contributed by atoms with van der Waals surface area (Å²) in [6, 6.07) is -0.161. The summed E-state index contributed by atoms with van der Waals surface area (Å²) >= 11 is 0. The van der Waals surface area contributed by atoms with E-state index in [0.29, 0.717) is 19.4 Å². The van der Waals surface area contributed by atoms with Gasteiger partial charge < -0.3 is 16.8 Å². The second kappa shape index (κ2) is 6.37. The van der Waals surface area contributed by atoms with Crippen LogP contribution in [0.1, 0.15) is 26.7 Å². The van der Waals surface area contributed by atoms with Crippen LogP contribution in [0, 0.1) is 5.92 Å². The highest BCUT2D eigenvalue weighted by Gasteiger charge is 2.15. The molecule has 0 aliphatic rings. The summed E-state index contributed by atoms with van der Waals surface area (Å²) < 4.78 is 0. The Hall–Kier alpha value is -1.10. The summed E-state index contributed by atoms with van der Waals surface area (Å²) in [6.45, 7) is 4.03. The van der Waals surface area contributed by atoms with Gasteiger partial charge in [0.1, 0.15) is 0 Å². The first-order valence-electron chi connectivity index (χ1n) is 4.76. The van der Waals surface area contributed by atoms with E-state index < -0.39 is 0 Å². The van der Waals surface area contributed by atoms with E-state index in [9.17, 15) is 9.59 Å². The van der Waals surface area contributed by atoms with Crippen molar-refractivity contribution in [2.45, 2.75) is 32.7 Å². The highest BCUT2D eigenvalue weighted by molar-refractivity contribution is 5.79. The van der Waals surface area contributed by atoms with E-state index in [2.05, 4.69) is 5.32 Å². The van der Waals surface area contributed by atoms with E-state index in [1.807, 2.05) is 0 Å². The van der Waals surface area contributed by atoms with Crippen LogP contribution in [0.5, 0.6) is 0 Å². The third kappa shape index (κ3) is 5.53. The average molecular weight is 201 g/mol. The minimum atomic E-state index is -0.348. The van der Waals surface area contributed by atoms with Crippen LogP contribution in [0.2, 0.25) is 0 Å². The Morgan fingerprint density at radius 3 is 2.36 bits per heavy atom. The van der Waals surface area contributed by atoms with Gasteiger partial charge in [0.25, 0.3) is 0 Å². The molecule has 0 aromatic carbocycles. The van der Waals surface area contributed by atoms with Crippen LogP contribution in [0.15, 0.2) is 0 Å². The fourth-order valence-electron chi connectivity index (χ4n) is 0.874. The van der Waals surface area contributed by atoms with Crippen LogP contribution in [0.3, 0.4) is 0 Å². The predicted molar refractivity (Wildman–Crippen MR) is 54.3 cm³/mol. The molecule has 0 aliphatic heterocycles. The number of primary amides is 1. The lowest BCUT2D eigenvalue weighted by atomic mass is 10.0. The number of amides is 2. The lowest BCUT2D eigenvalue weighted by Crippen LogP contribution is -2.39. The van der Waals surface area contributed by atoms with Crippen molar-refractivity contribution in [2.24, 2.45) is 17.4 Å². The lowest BCUT2D eigenvalue weighted by Gasteiger charge is -2.14. The van der Waals surface area contributed by atoms with Gasteiger partial charge in [0.05, 0.1) is 0 Å². The SMILES string of the molecule is CC(N)C(C)C(=O)NCCCC(N)=O. The molecule has 0 aromatic heterocycles. The van der Waals surface area contributed by atoms with Gasteiger partial charge in [-0.15, -0.1) is 0 Å². The smallest absolute Gasteiger partial charge is 0.224 e. The molecule has 0 fully saturated rings. The topological polar surface area (TPSA) is 98.2 Å². The standard InChI is InChI=1S/C9H19N3O2/c1-6(7(2)10)9(14)12-5-3-4-8(11)13/h6-7H,3-5,10H2,1-2H3,(H2,11,13)(H,12,14). The molecule has 2 atom stereocenters. The molecule has 14 heavy (non-hydrogen) atoms. The molecular weight excluding hydrogens is 182 g/mol. The molecule has 0 radical (unpaired) electrons. The van der Waals surface area contributed by atoms with Crippen molar-refractivity contribution >= 4 is 11.8 Å². The summed E-state index contributed by atoms with van der Waals surface area (Å²) in [5.74, 6) is -0.632. The number of hydrogen-bond donors (Lipinski definition) is 3. The van der Waals surface area contributed by atoms with Crippen molar-refractivity contribution in [2.75, 3.05) is 6.54 Å². The van der Waals surface area contributed by atoms with E-state index >= 15 is 0 Å². The first-order valence-corrected chi connectivity index (χ1v) is 4.76. The summed E-state index contributed by atoms with van der Waals surface area (Å²) in [5, 5.41) is 2.69. The first-order chi connectivity index (χ1) is 6.45. The fourth-order valence-corrected chi connectivity index (χ4v) is 0.874. The van der Waals surface area contributed by atoms with Crippen LogP contribution in [-0.2, 0) is 9.59 Å². The molecule has 5 N–H and O–H groups in total. The third-order valence-electron chi connectivity index (χ3n) is 2.10. The molecule has 0 bridgehead atoms. The highest BCUT2D eigenvalue weighted by atomic mass is 16.2. The summed E-state index contributed by atoms with van der Waals surface area (Å²) in [6.07, 6.45) is 0.875. The van der Waals surface area contributed by atoms with Gasteiger partial charge >= 0.3 is 0 Å². The Kier molecular flexibility index (Phi) is 5.87. The second-order valence-electron chi connectivity index (χ2n) is 3.51. The number of nitrogens with two attached hydrogens (primary N) is 2. The molecule has 2 unspecified atom stereocenters. The van der Waals surface area contributed by atoms with Gasteiger partial charge in [-0.1, -0.05) is 6.92 Å². The van der Waals surface area contributed by atoms with Crippen LogP contribution < -0.4 is 16.8 Å². The third-order valence-corrected chi connectivity index (χ3v) is 2.10. The number of nitrogens with one attached hydrogen (secondary N) is 1. The summed E-state index contributed by atoms with van der Waals surface area (Å²) in [7, 11) is 0. The van der Waals surface area contributed by atoms with Crippen molar-refractivity contribution in [1.29, 1.82) is 0 Å². The van der Waals surface area contributed by atoms with Gasteiger partial charge in [0.15, 0.2) is 0 Å². The fraction of sp³-hybridized carbons (Fsp3) is 0.778. The van der Waals surface area contributed by atoms with E-state index in [-0.39, 0.29) is 23.8 Å². The van der Waals surface area contributed by atoms with Crippen LogP contribution in [0.25, 0.3) is 0 Å². The molecule has 5 heteroatoms. The van der Waals surface area contributed by atoms with E-state index in [1.165, 1.54) is 0 Å². The largest absolute Gasteiger partial charge is 0.370 e. The van der Waals surface area contributed by atoms with E-state index in [4.69, 9.17) is 11.5 Å². The number of carbonyl (C=O) groups is 2. The summed E-state index contributed by atoms with van der Waals surface area (Å²) in [4.78, 5) is 21.7. The normalized spacial score (nSPS) is 14.5.